The van der Waals surface area contributed by atoms with E-state index in [0.717, 1.165) is 11.8 Å². The molecule has 2 aromatic heterocycles. The van der Waals surface area contributed by atoms with Crippen LogP contribution in [-0.2, 0) is 0 Å². The van der Waals surface area contributed by atoms with Crippen LogP contribution >= 0.6 is 11.8 Å². The third-order valence-corrected chi connectivity index (χ3v) is 4.21. The summed E-state index contributed by atoms with van der Waals surface area (Å²) in [5.74, 6) is -0.200. The van der Waals surface area contributed by atoms with E-state index in [2.05, 4.69) is 20.0 Å². The molecule has 0 unspecified atom stereocenters. The molecule has 2 heterocycles. The minimum absolute atomic E-state index is 0.144. The minimum atomic E-state index is -4.78. The Kier molecular flexibility index (Phi) is 4.94. The predicted molar refractivity (Wildman–Crippen MR) is 88.4 cm³/mol. The van der Waals surface area contributed by atoms with Crippen molar-refractivity contribution in [2.24, 2.45) is 0 Å². The van der Waals surface area contributed by atoms with Gasteiger partial charge in [-0.2, -0.15) is 0 Å². The second kappa shape index (κ2) is 7.16. The fourth-order valence-corrected chi connectivity index (χ4v) is 3.14. The molecule has 0 spiro atoms. The topological polar surface area (TPSA) is 76.2 Å². The summed E-state index contributed by atoms with van der Waals surface area (Å²) < 4.78 is 46.3. The number of H-pyrrole nitrogens is 1. The molecule has 26 heavy (non-hydrogen) atoms. The van der Waals surface area contributed by atoms with Crippen LogP contribution in [0.1, 0.15) is 0 Å². The van der Waals surface area contributed by atoms with Crippen LogP contribution in [0, 0.1) is 0 Å². The van der Waals surface area contributed by atoms with Crippen molar-refractivity contribution in [3.63, 3.8) is 0 Å². The van der Waals surface area contributed by atoms with Crippen LogP contribution in [-0.4, -0.2) is 29.5 Å². The number of aromatic nitrogens is 2. The Morgan fingerprint density at radius 2 is 2.08 bits per heavy atom. The Bertz CT molecular complexity index is 943. The van der Waals surface area contributed by atoms with Gasteiger partial charge in [0.05, 0.1) is 5.52 Å². The summed E-state index contributed by atoms with van der Waals surface area (Å²) in [7, 11) is 1.41. The Hall–Kier alpha value is -2.88. The van der Waals surface area contributed by atoms with E-state index in [0.29, 0.717) is 20.8 Å². The molecule has 0 bridgehead atoms. The molecule has 6 nitrogen and oxygen atoms in total. The van der Waals surface area contributed by atoms with E-state index in [9.17, 15) is 18.0 Å². The van der Waals surface area contributed by atoms with Crippen molar-refractivity contribution in [2.45, 2.75) is 16.2 Å². The first kappa shape index (κ1) is 17.9. The molecule has 0 fully saturated rings. The van der Waals surface area contributed by atoms with E-state index in [1.807, 2.05) is 0 Å². The van der Waals surface area contributed by atoms with Crippen LogP contribution in [0.4, 0.5) is 18.0 Å². The van der Waals surface area contributed by atoms with Gasteiger partial charge in [0.2, 0.25) is 5.88 Å². The molecule has 1 amide bonds. The Labute approximate surface area is 149 Å². The first-order chi connectivity index (χ1) is 12.4. The zero-order valence-electron chi connectivity index (χ0n) is 13.3. The highest BCUT2D eigenvalue weighted by atomic mass is 32.2. The molecule has 0 aliphatic carbocycles. The zero-order valence-corrected chi connectivity index (χ0v) is 14.1. The Morgan fingerprint density at radius 1 is 1.27 bits per heavy atom. The third-order valence-electron chi connectivity index (χ3n) is 3.14. The van der Waals surface area contributed by atoms with E-state index in [1.165, 1.54) is 25.2 Å². The number of hydrogen-bond acceptors (Lipinski definition) is 5. The highest BCUT2D eigenvalue weighted by Crippen LogP contribution is 2.41. The van der Waals surface area contributed by atoms with Gasteiger partial charge in [0, 0.05) is 18.1 Å². The summed E-state index contributed by atoms with van der Waals surface area (Å²) in [5, 5.41) is 2.33. The number of carbonyl (C=O) groups excluding carboxylic acids is 1. The van der Waals surface area contributed by atoms with Crippen LogP contribution in [0.15, 0.2) is 52.4 Å². The molecule has 0 radical (unpaired) electrons. The fraction of sp³-hybridized carbons (Fsp3) is 0.125. The maximum absolute atomic E-state index is 12.4. The van der Waals surface area contributed by atoms with Gasteiger partial charge in [-0.15, -0.1) is 13.2 Å². The summed E-state index contributed by atoms with van der Waals surface area (Å²) in [5.41, 5.74) is 1.15. The van der Waals surface area contributed by atoms with Gasteiger partial charge in [0.15, 0.2) is 0 Å². The van der Waals surface area contributed by atoms with Crippen LogP contribution in [0.5, 0.6) is 11.6 Å². The van der Waals surface area contributed by atoms with Gasteiger partial charge in [0.1, 0.15) is 16.2 Å². The van der Waals surface area contributed by atoms with Crippen LogP contribution in [0.2, 0.25) is 0 Å². The number of nitrogens with zero attached hydrogens (tertiary/aromatic N) is 1. The molecule has 0 saturated heterocycles. The lowest BCUT2D eigenvalue weighted by molar-refractivity contribution is -0.274. The van der Waals surface area contributed by atoms with Crippen LogP contribution in [0.3, 0.4) is 0 Å². The zero-order chi connectivity index (χ0) is 18.7. The number of carbonyl (C=O) groups is 1. The number of amides is 1. The maximum Gasteiger partial charge on any atom is 0.573 e. The summed E-state index contributed by atoms with van der Waals surface area (Å²) in [4.78, 5) is 19.6. The number of pyridine rings is 1. The molecule has 0 saturated carbocycles. The third kappa shape index (κ3) is 4.20. The van der Waals surface area contributed by atoms with Gasteiger partial charge in [-0.05, 0) is 30.3 Å². The Morgan fingerprint density at radius 3 is 2.81 bits per heavy atom. The molecule has 0 atom stereocenters. The predicted octanol–water partition coefficient (Wildman–Crippen LogP) is 4.33. The molecular formula is C16H12F3N3O3S. The highest BCUT2D eigenvalue weighted by Gasteiger charge is 2.31. The molecule has 0 aliphatic rings. The normalized spacial score (nSPS) is 11.4. The first-order valence-corrected chi connectivity index (χ1v) is 8.07. The standard InChI is InChI=1S/C16H12F3N3O3S/c1-20-15(23)24-14-13(12-11(22-14)6-3-7-21-12)26-10-5-2-4-9(8-10)25-16(17,18)19/h2-8,22H,1H3,(H,20,23). The lowest BCUT2D eigenvalue weighted by Crippen LogP contribution is -2.22. The van der Waals surface area contributed by atoms with Crippen molar-refractivity contribution in [3.8, 4) is 11.6 Å². The summed E-state index contributed by atoms with van der Waals surface area (Å²) in [6, 6.07) is 8.93. The quantitative estimate of drug-likeness (QED) is 0.701. The summed E-state index contributed by atoms with van der Waals surface area (Å²) in [6.07, 6.45) is -3.90. The van der Waals surface area contributed by atoms with Crippen molar-refractivity contribution < 1.29 is 27.4 Å². The van der Waals surface area contributed by atoms with Gasteiger partial charge in [-0.1, -0.05) is 17.8 Å². The van der Waals surface area contributed by atoms with E-state index < -0.39 is 12.5 Å². The summed E-state index contributed by atoms with van der Waals surface area (Å²) in [6.45, 7) is 0. The van der Waals surface area contributed by atoms with E-state index in [-0.39, 0.29) is 11.6 Å². The molecular weight excluding hydrogens is 371 g/mol. The molecule has 1 aromatic carbocycles. The average Bonchev–Trinajstić information content (AvgIpc) is 2.91. The average molecular weight is 383 g/mol. The number of ether oxygens (including phenoxy) is 2. The number of aromatic amines is 1. The fourth-order valence-electron chi connectivity index (χ4n) is 2.14. The van der Waals surface area contributed by atoms with Gasteiger partial charge < -0.3 is 19.8 Å². The first-order valence-electron chi connectivity index (χ1n) is 7.25. The van der Waals surface area contributed by atoms with Crippen molar-refractivity contribution in [3.05, 3.63) is 42.6 Å². The number of halogens is 3. The lowest BCUT2D eigenvalue weighted by atomic mass is 10.3. The van der Waals surface area contributed by atoms with E-state index in [1.54, 1.807) is 24.4 Å². The monoisotopic (exact) mass is 383 g/mol. The molecule has 3 aromatic rings. The number of fused-ring (bicyclic) bond motifs is 1. The van der Waals surface area contributed by atoms with Gasteiger partial charge in [-0.3, -0.25) is 4.98 Å². The molecule has 2 N–H and O–H groups in total. The van der Waals surface area contributed by atoms with Crippen molar-refractivity contribution in [2.75, 3.05) is 7.05 Å². The molecule has 10 heteroatoms. The smallest absolute Gasteiger partial charge is 0.406 e. The lowest BCUT2D eigenvalue weighted by Gasteiger charge is -2.10. The van der Waals surface area contributed by atoms with Crippen LogP contribution in [0.25, 0.3) is 11.0 Å². The van der Waals surface area contributed by atoms with Crippen molar-refractivity contribution in [1.82, 2.24) is 15.3 Å². The second-order valence-corrected chi connectivity index (χ2v) is 6.03. The number of rotatable bonds is 4. The molecule has 0 aliphatic heterocycles. The number of benzene rings is 1. The largest absolute Gasteiger partial charge is 0.573 e. The van der Waals surface area contributed by atoms with Crippen molar-refractivity contribution in [1.29, 1.82) is 0 Å². The number of alkyl halides is 3. The molecule has 3 rings (SSSR count). The maximum atomic E-state index is 12.4. The Balaban J connectivity index is 1.96. The summed E-state index contributed by atoms with van der Waals surface area (Å²) >= 11 is 1.10. The minimum Gasteiger partial charge on any atom is -0.406 e. The number of nitrogens with one attached hydrogen (secondary N) is 2. The van der Waals surface area contributed by atoms with E-state index in [4.69, 9.17) is 4.74 Å². The van der Waals surface area contributed by atoms with Gasteiger partial charge >= 0.3 is 12.5 Å². The SMILES string of the molecule is CNC(=O)Oc1[nH]c2cccnc2c1Sc1cccc(OC(F)(F)F)c1. The van der Waals surface area contributed by atoms with Gasteiger partial charge in [0.25, 0.3) is 0 Å². The van der Waals surface area contributed by atoms with E-state index >= 15 is 0 Å². The van der Waals surface area contributed by atoms with Gasteiger partial charge in [-0.25, -0.2) is 4.79 Å². The number of hydrogen-bond donors (Lipinski definition) is 2. The van der Waals surface area contributed by atoms with Crippen LogP contribution < -0.4 is 14.8 Å². The van der Waals surface area contributed by atoms with Crippen molar-refractivity contribution >= 4 is 28.9 Å². The second-order valence-electron chi connectivity index (χ2n) is 4.95. The molecule has 136 valence electrons. The highest BCUT2D eigenvalue weighted by molar-refractivity contribution is 7.99.